The topological polar surface area (TPSA) is 156 Å². The first-order valence-corrected chi connectivity index (χ1v) is 19.9. The van der Waals surface area contributed by atoms with Crippen LogP contribution < -0.4 is 21.3 Å². The summed E-state index contributed by atoms with van der Waals surface area (Å²) in [6, 6.07) is 20.9. The molecule has 12 nitrogen and oxygen atoms in total. The van der Waals surface area contributed by atoms with E-state index in [2.05, 4.69) is 63.9 Å². The van der Waals surface area contributed by atoms with E-state index in [0.717, 1.165) is 51.4 Å². The zero-order valence-corrected chi connectivity index (χ0v) is 34.0. The molecule has 2 atom stereocenters. The van der Waals surface area contributed by atoms with Crippen LogP contribution in [0.4, 0.5) is 34.9 Å². The summed E-state index contributed by atoms with van der Waals surface area (Å²) in [5.41, 5.74) is 3.02. The number of carbonyl (C=O) groups excluding carboxylic acids is 3. The number of unbranched alkanes of at least 4 members (excludes halogenated alkanes) is 2. The van der Waals surface area contributed by atoms with Gasteiger partial charge in [0.25, 0.3) is 5.91 Å². The lowest BCUT2D eigenvalue weighted by Crippen LogP contribution is -2.40. The summed E-state index contributed by atoms with van der Waals surface area (Å²) < 4.78 is 11.3. The van der Waals surface area contributed by atoms with Crippen molar-refractivity contribution in [3.05, 3.63) is 89.5 Å². The van der Waals surface area contributed by atoms with Crippen molar-refractivity contribution in [2.75, 3.05) is 29.2 Å². The third kappa shape index (κ3) is 14.3. The molecule has 4 rings (SSSR count). The standard InChI is InChI=1S/C44H59N7O5/c1-8-12-14-30(10-3)28-55-39(53)33-18-24-36(25-19-33)46-42-48-41(45-35-22-16-32(17-23-35)38(52)51-44(5,6)7)49-43(50-42)47-37-26-20-34(21-27-37)40(54)56-29-31(11-4)15-13-9-2/h16-27,30-31H,8-15,28-29H2,1-7H3,(H,51,52)(H3,45,46,47,48,49,50)/t30-,31-/m0/s1. The van der Waals surface area contributed by atoms with Crippen LogP contribution in [-0.2, 0) is 9.47 Å². The van der Waals surface area contributed by atoms with Gasteiger partial charge in [-0.1, -0.05) is 66.2 Å². The predicted molar refractivity (Wildman–Crippen MR) is 223 cm³/mol. The summed E-state index contributed by atoms with van der Waals surface area (Å²) in [4.78, 5) is 52.0. The zero-order chi connectivity index (χ0) is 40.5. The van der Waals surface area contributed by atoms with Crippen molar-refractivity contribution in [3.8, 4) is 0 Å². The number of nitrogens with zero attached hydrogens (tertiary/aromatic N) is 3. The van der Waals surface area contributed by atoms with Gasteiger partial charge in [-0.2, -0.15) is 15.0 Å². The fraction of sp³-hybridized carbons (Fsp3) is 0.455. The smallest absolute Gasteiger partial charge is 0.338 e. The van der Waals surface area contributed by atoms with Crippen LogP contribution in [0.5, 0.6) is 0 Å². The SMILES string of the molecule is CCCC[C@H](CC)COC(=O)c1ccc(Nc2nc(Nc3ccc(C(=O)NC(C)(C)C)cc3)nc(Nc3ccc(C(=O)OC[C@@H](CC)CCCC)cc3)n2)cc1. The summed E-state index contributed by atoms with van der Waals surface area (Å²) in [5, 5.41) is 12.6. The van der Waals surface area contributed by atoms with Gasteiger partial charge in [0, 0.05) is 28.2 Å². The van der Waals surface area contributed by atoms with E-state index in [1.165, 1.54) is 0 Å². The number of rotatable bonds is 21. The molecule has 4 N–H and O–H groups in total. The van der Waals surface area contributed by atoms with E-state index >= 15 is 0 Å². The van der Waals surface area contributed by atoms with Crippen molar-refractivity contribution in [2.24, 2.45) is 11.8 Å². The highest BCUT2D eigenvalue weighted by Gasteiger charge is 2.17. The van der Waals surface area contributed by atoms with E-state index in [9.17, 15) is 14.4 Å². The highest BCUT2D eigenvalue weighted by atomic mass is 16.5. The first-order valence-electron chi connectivity index (χ1n) is 19.9. The maximum atomic E-state index is 12.8. The molecule has 0 fully saturated rings. The largest absolute Gasteiger partial charge is 0.462 e. The van der Waals surface area contributed by atoms with Crippen LogP contribution in [0, 0.1) is 11.8 Å². The number of hydrogen-bond acceptors (Lipinski definition) is 11. The first kappa shape index (κ1) is 43.2. The Labute approximate surface area is 332 Å². The van der Waals surface area contributed by atoms with Gasteiger partial charge in [0.15, 0.2) is 0 Å². The molecule has 0 saturated carbocycles. The maximum Gasteiger partial charge on any atom is 0.338 e. The van der Waals surface area contributed by atoms with Gasteiger partial charge >= 0.3 is 11.9 Å². The fourth-order valence-corrected chi connectivity index (χ4v) is 5.78. The molecular weight excluding hydrogens is 707 g/mol. The van der Waals surface area contributed by atoms with Crippen molar-refractivity contribution in [3.63, 3.8) is 0 Å². The second kappa shape index (κ2) is 21.5. The molecule has 0 saturated heterocycles. The lowest BCUT2D eigenvalue weighted by Gasteiger charge is -2.20. The third-order valence-corrected chi connectivity index (χ3v) is 9.27. The number of anilines is 6. The fourth-order valence-electron chi connectivity index (χ4n) is 5.78. The van der Waals surface area contributed by atoms with Gasteiger partial charge in [0.2, 0.25) is 17.8 Å². The highest BCUT2D eigenvalue weighted by molar-refractivity contribution is 5.95. The summed E-state index contributed by atoms with van der Waals surface area (Å²) >= 11 is 0. The van der Waals surface area contributed by atoms with Crippen molar-refractivity contribution in [2.45, 2.75) is 105 Å². The van der Waals surface area contributed by atoms with Gasteiger partial charge in [-0.25, -0.2) is 9.59 Å². The van der Waals surface area contributed by atoms with E-state index in [0.29, 0.717) is 58.8 Å². The lowest BCUT2D eigenvalue weighted by atomic mass is 10.0. The van der Waals surface area contributed by atoms with E-state index in [-0.39, 0.29) is 41.2 Å². The van der Waals surface area contributed by atoms with Crippen LogP contribution in [0.1, 0.15) is 131 Å². The van der Waals surface area contributed by atoms with Crippen LogP contribution in [0.25, 0.3) is 0 Å². The van der Waals surface area contributed by atoms with Gasteiger partial charge in [-0.05, 0) is 118 Å². The minimum absolute atomic E-state index is 0.171. The average molecular weight is 766 g/mol. The Morgan fingerprint density at radius 2 is 0.893 bits per heavy atom. The third-order valence-electron chi connectivity index (χ3n) is 9.27. The van der Waals surface area contributed by atoms with Crippen LogP contribution in [0.2, 0.25) is 0 Å². The number of nitrogens with one attached hydrogen (secondary N) is 4. The monoisotopic (exact) mass is 765 g/mol. The normalized spacial score (nSPS) is 12.3. The van der Waals surface area contributed by atoms with Crippen molar-refractivity contribution < 1.29 is 23.9 Å². The number of carbonyl (C=O) groups is 3. The van der Waals surface area contributed by atoms with Crippen LogP contribution in [0.15, 0.2) is 72.8 Å². The van der Waals surface area contributed by atoms with Crippen molar-refractivity contribution in [1.82, 2.24) is 20.3 Å². The second-order valence-corrected chi connectivity index (χ2v) is 15.1. The number of aromatic nitrogens is 3. The van der Waals surface area contributed by atoms with E-state index in [4.69, 9.17) is 9.47 Å². The molecule has 1 amide bonds. The molecule has 300 valence electrons. The molecule has 1 heterocycles. The molecule has 0 spiro atoms. The quantitative estimate of drug-likeness (QED) is 0.0599. The van der Waals surface area contributed by atoms with Crippen LogP contribution in [-0.4, -0.2) is 51.6 Å². The maximum absolute atomic E-state index is 12.8. The molecule has 0 aliphatic carbocycles. The van der Waals surface area contributed by atoms with Crippen molar-refractivity contribution >= 4 is 52.8 Å². The molecule has 0 unspecified atom stereocenters. The minimum atomic E-state index is -0.364. The van der Waals surface area contributed by atoms with Crippen LogP contribution in [0.3, 0.4) is 0 Å². The predicted octanol–water partition coefficient (Wildman–Crippen LogP) is 10.4. The molecule has 0 bridgehead atoms. The molecule has 4 aromatic rings. The average Bonchev–Trinajstić information content (AvgIpc) is 3.18. The lowest BCUT2D eigenvalue weighted by molar-refractivity contribution is 0.0419. The zero-order valence-electron chi connectivity index (χ0n) is 34.0. The van der Waals surface area contributed by atoms with Gasteiger partial charge in [0.1, 0.15) is 0 Å². The number of ether oxygens (including phenoxy) is 2. The molecule has 3 aromatic carbocycles. The van der Waals surface area contributed by atoms with Crippen molar-refractivity contribution in [1.29, 1.82) is 0 Å². The highest BCUT2D eigenvalue weighted by Crippen LogP contribution is 2.23. The van der Waals surface area contributed by atoms with Gasteiger partial charge in [-0.15, -0.1) is 0 Å². The molecule has 0 aliphatic rings. The number of benzene rings is 3. The van der Waals surface area contributed by atoms with E-state index in [1.54, 1.807) is 72.8 Å². The minimum Gasteiger partial charge on any atom is -0.462 e. The van der Waals surface area contributed by atoms with Crippen LogP contribution >= 0.6 is 0 Å². The molecule has 0 aliphatic heterocycles. The summed E-state index contributed by atoms with van der Waals surface area (Å²) in [6.45, 7) is 15.2. The number of amides is 1. The Morgan fingerprint density at radius 1 is 0.554 bits per heavy atom. The van der Waals surface area contributed by atoms with Gasteiger partial charge < -0.3 is 30.7 Å². The summed E-state index contributed by atoms with van der Waals surface area (Å²) in [6.07, 6.45) is 8.48. The van der Waals surface area contributed by atoms with Gasteiger partial charge in [-0.3, -0.25) is 4.79 Å². The summed E-state index contributed by atoms with van der Waals surface area (Å²) in [5.74, 6) is 0.524. The number of hydrogen-bond donors (Lipinski definition) is 4. The Kier molecular flexibility index (Phi) is 16.6. The number of esters is 2. The van der Waals surface area contributed by atoms with E-state index < -0.39 is 0 Å². The molecule has 0 radical (unpaired) electrons. The Bertz CT molecular complexity index is 1750. The Balaban J connectivity index is 1.50. The second-order valence-electron chi connectivity index (χ2n) is 15.1. The van der Waals surface area contributed by atoms with E-state index in [1.807, 2.05) is 20.8 Å². The molecule has 12 heteroatoms. The molecular formula is C44H59N7O5. The summed E-state index contributed by atoms with van der Waals surface area (Å²) in [7, 11) is 0. The Morgan fingerprint density at radius 3 is 1.20 bits per heavy atom. The van der Waals surface area contributed by atoms with Gasteiger partial charge in [0.05, 0.1) is 24.3 Å². The molecule has 56 heavy (non-hydrogen) atoms. The first-order chi connectivity index (χ1) is 26.9. The molecule has 1 aromatic heterocycles. The Hall–Kier alpha value is -5.52.